The van der Waals surface area contributed by atoms with Crippen molar-refractivity contribution in [2.24, 2.45) is 0 Å². The lowest BCUT2D eigenvalue weighted by molar-refractivity contribution is -0.137. The Hall–Kier alpha value is -0.610. The van der Waals surface area contributed by atoms with Gasteiger partial charge in [-0.3, -0.25) is 9.69 Å². The molecule has 4 nitrogen and oxygen atoms in total. The van der Waals surface area contributed by atoms with Crippen molar-refractivity contribution in [3.8, 4) is 0 Å². The summed E-state index contributed by atoms with van der Waals surface area (Å²) in [5.41, 5.74) is 0. The molecule has 0 spiro atoms. The summed E-state index contributed by atoms with van der Waals surface area (Å²) in [4.78, 5) is 17.1. The van der Waals surface area contributed by atoms with Crippen molar-refractivity contribution in [3.63, 3.8) is 0 Å². The smallest absolute Gasteiger partial charge is 0.239 e. The highest BCUT2D eigenvalue weighted by molar-refractivity contribution is 5.82. The number of carbonyl (C=O) groups excluding carboxylic acids is 1. The second kappa shape index (κ2) is 6.53. The summed E-state index contributed by atoms with van der Waals surface area (Å²) < 4.78 is 0. The summed E-state index contributed by atoms with van der Waals surface area (Å²) in [5.74, 6) is 0.376. The number of nitrogens with zero attached hydrogens (tertiary/aromatic N) is 2. The predicted octanol–water partition coefficient (Wildman–Crippen LogP) is 1.07. The minimum absolute atomic E-state index is 0.167. The van der Waals surface area contributed by atoms with Crippen LogP contribution in [-0.4, -0.2) is 61.0 Å². The first kappa shape index (κ1) is 13.8. The van der Waals surface area contributed by atoms with Crippen LogP contribution in [0.2, 0.25) is 0 Å². The zero-order valence-electron chi connectivity index (χ0n) is 11.8. The van der Waals surface area contributed by atoms with E-state index >= 15 is 0 Å². The Morgan fingerprint density at radius 2 is 2.06 bits per heavy atom. The first-order valence-corrected chi connectivity index (χ1v) is 7.46. The molecule has 1 amide bonds. The van der Waals surface area contributed by atoms with E-state index in [1.54, 1.807) is 0 Å². The van der Waals surface area contributed by atoms with E-state index in [1.165, 1.54) is 12.8 Å². The van der Waals surface area contributed by atoms with E-state index in [9.17, 15) is 4.79 Å². The van der Waals surface area contributed by atoms with E-state index < -0.39 is 0 Å². The fourth-order valence-electron chi connectivity index (χ4n) is 3.28. The van der Waals surface area contributed by atoms with Crippen LogP contribution in [0.15, 0.2) is 0 Å². The molecule has 2 aliphatic rings. The average molecular weight is 253 g/mol. The average Bonchev–Trinajstić information content (AvgIpc) is 2.86. The maximum absolute atomic E-state index is 12.6. The molecule has 18 heavy (non-hydrogen) atoms. The van der Waals surface area contributed by atoms with Crippen molar-refractivity contribution in [2.75, 3.05) is 33.2 Å². The maximum atomic E-state index is 12.6. The fourth-order valence-corrected chi connectivity index (χ4v) is 3.28. The largest absolute Gasteiger partial charge is 0.340 e. The number of likely N-dealkylation sites (N-methyl/N-ethyl adjacent to an activating group) is 1. The zero-order chi connectivity index (χ0) is 13.0. The molecule has 0 unspecified atom stereocenters. The summed E-state index contributed by atoms with van der Waals surface area (Å²) in [6.45, 7) is 6.21. The first-order chi connectivity index (χ1) is 8.76. The molecule has 0 radical (unpaired) electrons. The van der Waals surface area contributed by atoms with Gasteiger partial charge in [-0.15, -0.1) is 0 Å². The molecule has 0 aromatic carbocycles. The van der Waals surface area contributed by atoms with Crippen molar-refractivity contribution in [1.82, 2.24) is 15.1 Å². The van der Waals surface area contributed by atoms with Gasteiger partial charge in [0.2, 0.25) is 5.91 Å². The molecular formula is C14H27N3O. The van der Waals surface area contributed by atoms with Gasteiger partial charge in [0.25, 0.3) is 0 Å². The second-order valence-corrected chi connectivity index (χ2v) is 5.61. The minimum atomic E-state index is 0.167. The summed E-state index contributed by atoms with van der Waals surface area (Å²) in [6.07, 6.45) is 5.71. The van der Waals surface area contributed by atoms with E-state index in [0.717, 1.165) is 45.4 Å². The monoisotopic (exact) mass is 253 g/mol. The van der Waals surface area contributed by atoms with Crippen LogP contribution in [0.5, 0.6) is 0 Å². The van der Waals surface area contributed by atoms with Crippen LogP contribution in [0.4, 0.5) is 0 Å². The summed E-state index contributed by atoms with van der Waals surface area (Å²) in [7, 11) is 2.00. The lowest BCUT2D eigenvalue weighted by atomic mass is 10.0. The summed E-state index contributed by atoms with van der Waals surface area (Å²) >= 11 is 0. The number of likely N-dealkylation sites (tertiary alicyclic amines) is 2. The SMILES string of the molecule is CCCN1CCC[C@H]1C(=O)N1CCC[C@H](NC)C1. The molecule has 0 aromatic rings. The van der Waals surface area contributed by atoms with Gasteiger partial charge in [-0.25, -0.2) is 0 Å². The second-order valence-electron chi connectivity index (χ2n) is 5.61. The first-order valence-electron chi connectivity index (χ1n) is 7.46. The molecule has 2 atom stereocenters. The molecule has 0 aromatic heterocycles. The summed E-state index contributed by atoms with van der Waals surface area (Å²) in [5, 5.41) is 3.31. The van der Waals surface area contributed by atoms with Crippen LogP contribution < -0.4 is 5.32 Å². The van der Waals surface area contributed by atoms with Crippen molar-refractivity contribution in [3.05, 3.63) is 0 Å². The Morgan fingerprint density at radius 1 is 1.28 bits per heavy atom. The maximum Gasteiger partial charge on any atom is 0.239 e. The Kier molecular flexibility index (Phi) is 5.01. The third kappa shape index (κ3) is 3.04. The molecule has 104 valence electrons. The molecule has 2 aliphatic heterocycles. The lowest BCUT2D eigenvalue weighted by Crippen LogP contribution is -2.52. The molecule has 0 saturated carbocycles. The Bertz CT molecular complexity index is 282. The molecule has 2 saturated heterocycles. The van der Waals surface area contributed by atoms with Crippen LogP contribution in [-0.2, 0) is 4.79 Å². The topological polar surface area (TPSA) is 35.6 Å². The number of carbonyl (C=O) groups is 1. The number of nitrogens with one attached hydrogen (secondary N) is 1. The van der Waals surface area contributed by atoms with Gasteiger partial charge in [-0.05, 0) is 52.2 Å². The molecule has 4 heteroatoms. The van der Waals surface area contributed by atoms with Gasteiger partial charge in [-0.2, -0.15) is 0 Å². The zero-order valence-corrected chi connectivity index (χ0v) is 11.8. The third-order valence-corrected chi connectivity index (χ3v) is 4.30. The van der Waals surface area contributed by atoms with Crippen molar-refractivity contribution >= 4 is 5.91 Å². The number of hydrogen-bond acceptors (Lipinski definition) is 3. The molecule has 0 bridgehead atoms. The van der Waals surface area contributed by atoms with Gasteiger partial charge in [0.1, 0.15) is 0 Å². The third-order valence-electron chi connectivity index (χ3n) is 4.30. The van der Waals surface area contributed by atoms with Crippen molar-refractivity contribution in [1.29, 1.82) is 0 Å². The predicted molar refractivity (Wildman–Crippen MR) is 73.5 cm³/mol. The number of amides is 1. The standard InChI is InChI=1S/C14H27N3O/c1-3-8-16-9-5-7-13(16)14(18)17-10-4-6-12(11-17)15-2/h12-13,15H,3-11H2,1-2H3/t12-,13-/m0/s1. The molecule has 2 rings (SSSR count). The highest BCUT2D eigenvalue weighted by Gasteiger charge is 2.34. The van der Waals surface area contributed by atoms with Crippen LogP contribution >= 0.6 is 0 Å². The van der Waals surface area contributed by atoms with Gasteiger partial charge >= 0.3 is 0 Å². The van der Waals surface area contributed by atoms with Gasteiger partial charge in [0.05, 0.1) is 6.04 Å². The van der Waals surface area contributed by atoms with E-state index in [-0.39, 0.29) is 6.04 Å². The quantitative estimate of drug-likeness (QED) is 0.814. The summed E-state index contributed by atoms with van der Waals surface area (Å²) in [6, 6.07) is 0.657. The Labute approximate surface area is 111 Å². The van der Waals surface area contributed by atoms with Gasteiger partial charge in [0.15, 0.2) is 0 Å². The molecular weight excluding hydrogens is 226 g/mol. The minimum Gasteiger partial charge on any atom is -0.340 e. The lowest BCUT2D eigenvalue weighted by Gasteiger charge is -2.36. The van der Waals surface area contributed by atoms with Crippen LogP contribution in [0, 0.1) is 0 Å². The van der Waals surface area contributed by atoms with Crippen molar-refractivity contribution < 1.29 is 4.79 Å². The van der Waals surface area contributed by atoms with E-state index in [4.69, 9.17) is 0 Å². The highest BCUT2D eigenvalue weighted by Crippen LogP contribution is 2.21. The Balaban J connectivity index is 1.93. The van der Waals surface area contributed by atoms with Crippen LogP contribution in [0.3, 0.4) is 0 Å². The highest BCUT2D eigenvalue weighted by atomic mass is 16.2. The molecule has 1 N–H and O–H groups in total. The van der Waals surface area contributed by atoms with Crippen LogP contribution in [0.25, 0.3) is 0 Å². The fraction of sp³-hybridized carbons (Fsp3) is 0.929. The van der Waals surface area contributed by atoms with Crippen LogP contribution in [0.1, 0.15) is 39.0 Å². The normalized spacial score (nSPS) is 29.8. The van der Waals surface area contributed by atoms with Gasteiger partial charge < -0.3 is 10.2 Å². The van der Waals surface area contributed by atoms with Crippen molar-refractivity contribution in [2.45, 2.75) is 51.1 Å². The number of rotatable bonds is 4. The van der Waals surface area contributed by atoms with Gasteiger partial charge in [0, 0.05) is 19.1 Å². The molecule has 2 heterocycles. The van der Waals surface area contributed by atoms with Gasteiger partial charge in [-0.1, -0.05) is 6.92 Å². The van der Waals surface area contributed by atoms with E-state index in [2.05, 4.69) is 22.0 Å². The Morgan fingerprint density at radius 3 is 2.78 bits per heavy atom. The molecule has 0 aliphatic carbocycles. The number of hydrogen-bond donors (Lipinski definition) is 1. The van der Waals surface area contributed by atoms with E-state index in [1.807, 2.05) is 7.05 Å². The molecule has 2 fully saturated rings. The number of piperidine rings is 1. The van der Waals surface area contributed by atoms with E-state index in [0.29, 0.717) is 11.9 Å².